The smallest absolute Gasteiger partial charge is 0.422 e. The monoisotopic (exact) mass is 390 g/mol. The highest BCUT2D eigenvalue weighted by molar-refractivity contribution is 5.95. The van der Waals surface area contributed by atoms with Crippen LogP contribution in [0.4, 0.5) is 18.9 Å². The molecule has 1 N–H and O–H groups in total. The van der Waals surface area contributed by atoms with Crippen molar-refractivity contribution in [2.24, 2.45) is 0 Å². The average Bonchev–Trinajstić information content (AvgIpc) is 3.50. The van der Waals surface area contributed by atoms with Crippen LogP contribution in [0.5, 0.6) is 5.88 Å². The Hall–Kier alpha value is -3.28. The topological polar surface area (TPSA) is 78.2 Å². The highest BCUT2D eigenvalue weighted by Crippen LogP contribution is 2.44. The van der Waals surface area contributed by atoms with Crippen LogP contribution in [0.15, 0.2) is 36.5 Å². The number of hydrogen-bond acceptors (Lipinski definition) is 5. The standard InChI is InChI=1S/C19H17F3N4O2/c1-26(15-6-2-12(9-23)3-7-15)25-17(27)14-8-16(13-4-5-13)18(24-10-14)28-11-19(20,21)22/h2-3,6-8,10,13H,4-5,11H2,1H3,(H,25,27). The highest BCUT2D eigenvalue weighted by atomic mass is 19.4. The van der Waals surface area contributed by atoms with Gasteiger partial charge in [0.15, 0.2) is 6.61 Å². The van der Waals surface area contributed by atoms with Crippen LogP contribution in [0.3, 0.4) is 0 Å². The van der Waals surface area contributed by atoms with Crippen molar-refractivity contribution < 1.29 is 22.7 Å². The third-order valence-electron chi connectivity index (χ3n) is 4.18. The van der Waals surface area contributed by atoms with Gasteiger partial charge in [-0.2, -0.15) is 18.4 Å². The summed E-state index contributed by atoms with van der Waals surface area (Å²) in [6, 6.07) is 10.1. The minimum absolute atomic E-state index is 0.0553. The molecule has 1 saturated carbocycles. The molecular formula is C19H17F3N4O2. The fourth-order valence-electron chi connectivity index (χ4n) is 2.59. The molecule has 0 saturated heterocycles. The van der Waals surface area contributed by atoms with Gasteiger partial charge in [-0.05, 0) is 49.1 Å². The van der Waals surface area contributed by atoms with E-state index < -0.39 is 18.7 Å². The van der Waals surface area contributed by atoms with E-state index in [1.165, 1.54) is 17.3 Å². The van der Waals surface area contributed by atoms with Crippen LogP contribution in [0, 0.1) is 11.3 Å². The Morgan fingerprint density at radius 2 is 2.04 bits per heavy atom. The summed E-state index contributed by atoms with van der Waals surface area (Å²) in [5, 5.41) is 10.3. The number of pyridine rings is 1. The summed E-state index contributed by atoms with van der Waals surface area (Å²) in [5.74, 6) is -0.486. The van der Waals surface area contributed by atoms with E-state index in [1.54, 1.807) is 31.3 Å². The van der Waals surface area contributed by atoms with E-state index in [0.29, 0.717) is 16.8 Å². The molecule has 0 atom stereocenters. The molecule has 1 heterocycles. The number of rotatable bonds is 6. The van der Waals surface area contributed by atoms with Crippen LogP contribution >= 0.6 is 0 Å². The SMILES string of the molecule is CN(NC(=O)c1cnc(OCC(F)(F)F)c(C2CC2)c1)c1ccc(C#N)cc1. The van der Waals surface area contributed by atoms with Crippen molar-refractivity contribution in [3.63, 3.8) is 0 Å². The fourth-order valence-corrected chi connectivity index (χ4v) is 2.59. The van der Waals surface area contributed by atoms with Gasteiger partial charge in [0, 0.05) is 18.8 Å². The molecule has 2 aromatic rings. The van der Waals surface area contributed by atoms with Crippen molar-refractivity contribution in [1.82, 2.24) is 10.4 Å². The first-order valence-corrected chi connectivity index (χ1v) is 8.51. The minimum atomic E-state index is -4.46. The summed E-state index contributed by atoms with van der Waals surface area (Å²) in [7, 11) is 1.63. The lowest BCUT2D eigenvalue weighted by Gasteiger charge is -2.20. The van der Waals surface area contributed by atoms with Crippen molar-refractivity contribution in [1.29, 1.82) is 5.26 Å². The number of nitrogens with zero attached hydrogens (tertiary/aromatic N) is 3. The summed E-state index contributed by atoms with van der Waals surface area (Å²) in [6.45, 7) is -1.42. The van der Waals surface area contributed by atoms with Crippen molar-refractivity contribution >= 4 is 11.6 Å². The van der Waals surface area contributed by atoms with E-state index in [1.807, 2.05) is 6.07 Å². The van der Waals surface area contributed by atoms with Gasteiger partial charge < -0.3 is 4.74 Å². The van der Waals surface area contributed by atoms with Crippen molar-refractivity contribution in [2.75, 3.05) is 18.7 Å². The van der Waals surface area contributed by atoms with E-state index in [4.69, 9.17) is 10.00 Å². The molecule has 1 fully saturated rings. The number of hydrazine groups is 1. The number of nitriles is 1. The lowest BCUT2D eigenvalue weighted by atomic mass is 10.1. The Labute approximate surface area is 159 Å². The van der Waals surface area contributed by atoms with Gasteiger partial charge in [-0.3, -0.25) is 15.2 Å². The molecule has 3 rings (SSSR count). The molecule has 1 aromatic heterocycles. The second-order valence-corrected chi connectivity index (χ2v) is 6.46. The molecule has 1 aliphatic carbocycles. The predicted molar refractivity (Wildman–Crippen MR) is 94.8 cm³/mol. The van der Waals surface area contributed by atoms with Gasteiger partial charge in [0.2, 0.25) is 5.88 Å². The Morgan fingerprint density at radius 1 is 1.36 bits per heavy atom. The zero-order valence-electron chi connectivity index (χ0n) is 15.0. The lowest BCUT2D eigenvalue weighted by molar-refractivity contribution is -0.154. The van der Waals surface area contributed by atoms with Crippen LogP contribution < -0.4 is 15.2 Å². The van der Waals surface area contributed by atoms with E-state index in [9.17, 15) is 18.0 Å². The number of carbonyl (C=O) groups excluding carboxylic acids is 1. The third-order valence-corrected chi connectivity index (χ3v) is 4.18. The second-order valence-electron chi connectivity index (χ2n) is 6.46. The van der Waals surface area contributed by atoms with Gasteiger partial charge >= 0.3 is 6.18 Å². The van der Waals surface area contributed by atoms with Crippen LogP contribution in [0.25, 0.3) is 0 Å². The first kappa shape index (κ1) is 19.5. The van der Waals surface area contributed by atoms with Gasteiger partial charge in [-0.15, -0.1) is 0 Å². The zero-order chi connectivity index (χ0) is 20.3. The highest BCUT2D eigenvalue weighted by Gasteiger charge is 2.32. The van der Waals surface area contributed by atoms with E-state index in [-0.39, 0.29) is 17.4 Å². The number of amides is 1. The largest absolute Gasteiger partial charge is 0.468 e. The first-order valence-electron chi connectivity index (χ1n) is 8.51. The third kappa shape index (κ3) is 4.91. The Bertz CT molecular complexity index is 903. The van der Waals surface area contributed by atoms with Crippen LogP contribution in [-0.2, 0) is 0 Å². The number of anilines is 1. The Morgan fingerprint density at radius 3 is 2.61 bits per heavy atom. The molecule has 0 bridgehead atoms. The quantitative estimate of drug-likeness (QED) is 0.764. The number of halogens is 3. The van der Waals surface area contributed by atoms with Crippen LogP contribution in [-0.4, -0.2) is 30.7 Å². The predicted octanol–water partition coefficient (Wildman–Crippen LogP) is 3.55. The Kier molecular flexibility index (Phi) is 5.40. The summed E-state index contributed by atoms with van der Waals surface area (Å²) in [5.41, 5.74) is 4.56. The van der Waals surface area contributed by atoms with Crippen molar-refractivity contribution in [3.05, 3.63) is 53.2 Å². The Balaban J connectivity index is 1.72. The van der Waals surface area contributed by atoms with Crippen LogP contribution in [0.1, 0.15) is 40.2 Å². The number of aromatic nitrogens is 1. The van der Waals surface area contributed by atoms with Crippen molar-refractivity contribution in [3.8, 4) is 11.9 Å². The molecule has 146 valence electrons. The van der Waals surface area contributed by atoms with E-state index >= 15 is 0 Å². The lowest BCUT2D eigenvalue weighted by Crippen LogP contribution is -2.39. The normalized spacial score (nSPS) is 13.5. The molecule has 1 aromatic carbocycles. The molecule has 0 spiro atoms. The minimum Gasteiger partial charge on any atom is -0.468 e. The van der Waals surface area contributed by atoms with E-state index in [0.717, 1.165) is 12.8 Å². The molecule has 0 unspecified atom stereocenters. The summed E-state index contributed by atoms with van der Waals surface area (Å²) in [6.07, 6.45) is -1.62. The van der Waals surface area contributed by atoms with Gasteiger partial charge in [0.1, 0.15) is 0 Å². The van der Waals surface area contributed by atoms with E-state index in [2.05, 4.69) is 10.4 Å². The van der Waals surface area contributed by atoms with Crippen LogP contribution in [0.2, 0.25) is 0 Å². The molecule has 28 heavy (non-hydrogen) atoms. The van der Waals surface area contributed by atoms with Gasteiger partial charge in [0.05, 0.1) is 22.9 Å². The number of nitrogens with one attached hydrogen (secondary N) is 1. The van der Waals surface area contributed by atoms with Gasteiger partial charge in [-0.25, -0.2) is 4.98 Å². The number of hydrogen-bond donors (Lipinski definition) is 1. The summed E-state index contributed by atoms with van der Waals surface area (Å²) >= 11 is 0. The van der Waals surface area contributed by atoms with Crippen molar-refractivity contribution in [2.45, 2.75) is 24.9 Å². The fraction of sp³-hybridized carbons (Fsp3) is 0.316. The number of carbonyl (C=O) groups is 1. The van der Waals surface area contributed by atoms with Gasteiger partial charge in [0.25, 0.3) is 5.91 Å². The molecule has 0 radical (unpaired) electrons. The maximum atomic E-state index is 12.5. The zero-order valence-corrected chi connectivity index (χ0v) is 15.0. The molecule has 6 nitrogen and oxygen atoms in total. The molecule has 1 aliphatic rings. The summed E-state index contributed by atoms with van der Waals surface area (Å²) in [4.78, 5) is 16.4. The molecule has 0 aliphatic heterocycles. The molecular weight excluding hydrogens is 373 g/mol. The maximum Gasteiger partial charge on any atom is 0.422 e. The number of benzene rings is 1. The average molecular weight is 390 g/mol. The molecule has 9 heteroatoms. The first-order chi connectivity index (χ1) is 13.3. The van der Waals surface area contributed by atoms with Gasteiger partial charge in [-0.1, -0.05) is 0 Å². The maximum absolute atomic E-state index is 12.5. The number of alkyl halides is 3. The molecule has 1 amide bonds. The summed E-state index contributed by atoms with van der Waals surface area (Å²) < 4.78 is 42.0. The second kappa shape index (κ2) is 7.76. The number of ether oxygens (including phenoxy) is 1.